The zero-order chi connectivity index (χ0) is 23.8. The number of anilines is 2. The molecular formula is C23H28Br2N4O2S2. The number of aromatic nitrogens is 2. The molecule has 1 amide bonds. The predicted molar refractivity (Wildman–Crippen MR) is 145 cm³/mol. The Labute approximate surface area is 220 Å². The minimum absolute atomic E-state index is 0.0568. The topological polar surface area (TPSA) is 71.3 Å². The van der Waals surface area contributed by atoms with Crippen LogP contribution in [0.5, 0.6) is 0 Å². The van der Waals surface area contributed by atoms with E-state index in [1.807, 2.05) is 12.1 Å². The van der Waals surface area contributed by atoms with Crippen molar-refractivity contribution in [2.45, 2.75) is 42.6 Å². The van der Waals surface area contributed by atoms with Gasteiger partial charge in [0.05, 0.1) is 28.8 Å². The molecule has 0 fully saturated rings. The highest BCUT2D eigenvalue weighted by Crippen LogP contribution is 2.32. The first kappa shape index (κ1) is 26.2. The summed E-state index contributed by atoms with van der Waals surface area (Å²) in [6.07, 6.45) is 3.88. The predicted octanol–water partition coefficient (Wildman–Crippen LogP) is 6.50. The van der Waals surface area contributed by atoms with Crippen LogP contribution in [0.25, 0.3) is 0 Å². The van der Waals surface area contributed by atoms with E-state index in [9.17, 15) is 4.79 Å². The summed E-state index contributed by atoms with van der Waals surface area (Å²) in [5, 5.41) is 5.33. The number of rotatable bonds is 11. The molecule has 6 nitrogen and oxygen atoms in total. The lowest BCUT2D eigenvalue weighted by Crippen LogP contribution is -2.27. The van der Waals surface area contributed by atoms with Crippen LogP contribution < -0.4 is 10.2 Å². The number of hydrogen-bond donors (Lipinski definition) is 1. The zero-order valence-electron chi connectivity index (χ0n) is 18.9. The highest BCUT2D eigenvalue weighted by Gasteiger charge is 2.19. The Kier molecular flexibility index (Phi) is 9.84. The van der Waals surface area contributed by atoms with Gasteiger partial charge in [-0.3, -0.25) is 4.79 Å². The molecule has 2 heterocycles. The van der Waals surface area contributed by atoms with Crippen molar-refractivity contribution in [1.82, 2.24) is 9.97 Å². The summed E-state index contributed by atoms with van der Waals surface area (Å²) in [5.74, 6) is 2.12. The van der Waals surface area contributed by atoms with Crippen LogP contribution in [0.1, 0.15) is 38.0 Å². The number of alkyl halides is 2. The Morgan fingerprint density at radius 2 is 1.82 bits per heavy atom. The van der Waals surface area contributed by atoms with Gasteiger partial charge in [0.15, 0.2) is 5.13 Å². The number of thiazole rings is 1. The monoisotopic (exact) mass is 614 g/mol. The van der Waals surface area contributed by atoms with Crippen LogP contribution in [-0.4, -0.2) is 39.6 Å². The van der Waals surface area contributed by atoms with Crippen LogP contribution in [0.3, 0.4) is 0 Å². The van der Waals surface area contributed by atoms with E-state index in [4.69, 9.17) is 4.42 Å². The van der Waals surface area contributed by atoms with E-state index < -0.39 is 0 Å². The van der Waals surface area contributed by atoms with Crippen LogP contribution in [0, 0.1) is 0 Å². The summed E-state index contributed by atoms with van der Waals surface area (Å²) in [4.78, 5) is 23.5. The number of amides is 1. The summed E-state index contributed by atoms with van der Waals surface area (Å²) in [7, 11) is 0. The summed E-state index contributed by atoms with van der Waals surface area (Å²) in [6.45, 7) is 8.16. The minimum atomic E-state index is -0.0751. The third kappa shape index (κ3) is 8.12. The van der Waals surface area contributed by atoms with Crippen molar-refractivity contribution in [3.8, 4) is 0 Å². The lowest BCUT2D eigenvalue weighted by Gasteiger charge is -2.23. The largest absolute Gasteiger partial charge is 0.444 e. The number of halogens is 2. The number of nitrogens with one attached hydrogen (secondary N) is 1. The van der Waals surface area contributed by atoms with Gasteiger partial charge < -0.3 is 14.6 Å². The number of carbonyl (C=O) groups is 1. The maximum Gasteiger partial charge on any atom is 0.230 e. The Morgan fingerprint density at radius 3 is 2.42 bits per heavy atom. The first-order chi connectivity index (χ1) is 15.8. The van der Waals surface area contributed by atoms with Crippen molar-refractivity contribution in [2.24, 2.45) is 0 Å². The zero-order valence-corrected chi connectivity index (χ0v) is 23.7. The molecule has 0 aliphatic heterocycles. The minimum Gasteiger partial charge on any atom is -0.444 e. The molecule has 0 unspecified atom stereocenters. The molecule has 0 aliphatic rings. The van der Waals surface area contributed by atoms with E-state index in [-0.39, 0.29) is 11.3 Å². The maximum atomic E-state index is 12.5. The average molecular weight is 616 g/mol. The standard InChI is InChI=1S/C23H28Br2N4O2S2/c1-23(2,3)18-13-26-20(31-18)15-32-21-14-27-22(33-21)28-19(30)12-16-4-6-17(7-5-16)29(10-8-24)11-9-25/h4-7,13-14H,8-12,15H2,1-3H3,(H,27,28,30). The van der Waals surface area contributed by atoms with Crippen molar-refractivity contribution in [2.75, 3.05) is 34.0 Å². The van der Waals surface area contributed by atoms with Crippen LogP contribution in [0.15, 0.2) is 45.3 Å². The number of benzene rings is 1. The second kappa shape index (κ2) is 12.4. The van der Waals surface area contributed by atoms with Crippen molar-refractivity contribution < 1.29 is 9.21 Å². The van der Waals surface area contributed by atoms with E-state index in [0.29, 0.717) is 23.2 Å². The molecule has 0 bridgehead atoms. The van der Waals surface area contributed by atoms with Crippen molar-refractivity contribution in [1.29, 1.82) is 0 Å². The molecular weight excluding hydrogens is 588 g/mol. The second-order valence-electron chi connectivity index (χ2n) is 8.40. The van der Waals surface area contributed by atoms with Gasteiger partial charge in [-0.05, 0) is 17.7 Å². The molecule has 0 spiro atoms. The molecule has 0 aliphatic carbocycles. The molecule has 2 aromatic heterocycles. The Morgan fingerprint density at radius 1 is 1.12 bits per heavy atom. The number of hydrogen-bond acceptors (Lipinski definition) is 7. The Hall–Kier alpha value is -1.36. The summed E-state index contributed by atoms with van der Waals surface area (Å²) in [6, 6.07) is 8.16. The van der Waals surface area contributed by atoms with Crippen LogP contribution in [0.2, 0.25) is 0 Å². The molecule has 1 aromatic carbocycles. The van der Waals surface area contributed by atoms with E-state index >= 15 is 0 Å². The van der Waals surface area contributed by atoms with E-state index in [0.717, 1.165) is 45.0 Å². The van der Waals surface area contributed by atoms with Gasteiger partial charge in [0.25, 0.3) is 0 Å². The third-order valence-electron chi connectivity index (χ3n) is 4.74. The maximum absolute atomic E-state index is 12.5. The normalized spacial score (nSPS) is 11.5. The molecule has 3 aromatic rings. The van der Waals surface area contributed by atoms with Gasteiger partial charge in [-0.25, -0.2) is 9.97 Å². The van der Waals surface area contributed by atoms with Gasteiger partial charge in [0.2, 0.25) is 11.8 Å². The number of oxazole rings is 1. The molecule has 0 radical (unpaired) electrons. The smallest absolute Gasteiger partial charge is 0.230 e. The first-order valence-electron chi connectivity index (χ1n) is 10.6. The van der Waals surface area contributed by atoms with Gasteiger partial charge in [-0.1, -0.05) is 76.1 Å². The van der Waals surface area contributed by atoms with Gasteiger partial charge in [-0.2, -0.15) is 0 Å². The van der Waals surface area contributed by atoms with E-state index in [2.05, 4.69) is 84.9 Å². The van der Waals surface area contributed by atoms with Crippen LogP contribution in [-0.2, 0) is 22.4 Å². The number of nitrogens with zero attached hydrogens (tertiary/aromatic N) is 3. The second-order valence-corrected chi connectivity index (χ2v) is 12.3. The van der Waals surface area contributed by atoms with Gasteiger partial charge >= 0.3 is 0 Å². The summed E-state index contributed by atoms with van der Waals surface area (Å²) >= 11 is 10.1. The molecule has 10 heteroatoms. The van der Waals surface area contributed by atoms with Gasteiger partial charge in [0, 0.05) is 34.9 Å². The highest BCUT2D eigenvalue weighted by atomic mass is 79.9. The van der Waals surface area contributed by atoms with E-state index in [1.165, 1.54) is 11.3 Å². The fourth-order valence-corrected chi connectivity index (χ4v) is 5.59. The third-order valence-corrected chi connectivity index (χ3v) is 7.54. The average Bonchev–Trinajstić information content (AvgIpc) is 3.42. The van der Waals surface area contributed by atoms with Gasteiger partial charge in [-0.15, -0.1) is 11.8 Å². The Balaban J connectivity index is 1.49. The number of thioether (sulfide) groups is 1. The number of carbonyl (C=O) groups excluding carboxylic acids is 1. The fourth-order valence-electron chi connectivity index (χ4n) is 2.99. The van der Waals surface area contributed by atoms with Crippen LogP contribution >= 0.6 is 55.0 Å². The fraction of sp³-hybridized carbons (Fsp3) is 0.435. The molecule has 0 atom stereocenters. The SMILES string of the molecule is CC(C)(C)c1cnc(CSc2cnc(NC(=O)Cc3ccc(N(CCBr)CCBr)cc3)s2)o1. The first-order valence-corrected chi connectivity index (χ1v) is 14.6. The van der Waals surface area contributed by atoms with Crippen LogP contribution in [0.4, 0.5) is 10.8 Å². The quantitative estimate of drug-likeness (QED) is 0.196. The van der Waals surface area contributed by atoms with Crippen molar-refractivity contribution >= 4 is 71.7 Å². The lowest BCUT2D eigenvalue weighted by atomic mass is 9.94. The lowest BCUT2D eigenvalue weighted by molar-refractivity contribution is -0.115. The van der Waals surface area contributed by atoms with E-state index in [1.54, 1.807) is 24.2 Å². The molecule has 0 saturated heterocycles. The summed E-state index contributed by atoms with van der Waals surface area (Å²) in [5.41, 5.74) is 2.07. The molecule has 0 saturated carbocycles. The Bertz CT molecular complexity index is 1030. The molecule has 3 rings (SSSR count). The van der Waals surface area contributed by atoms with Gasteiger partial charge in [0.1, 0.15) is 5.76 Å². The van der Waals surface area contributed by atoms with Crippen molar-refractivity contribution in [3.63, 3.8) is 0 Å². The highest BCUT2D eigenvalue weighted by molar-refractivity contribution is 9.09. The summed E-state index contributed by atoms with van der Waals surface area (Å²) < 4.78 is 6.84. The molecule has 33 heavy (non-hydrogen) atoms. The van der Waals surface area contributed by atoms with Crippen molar-refractivity contribution in [3.05, 3.63) is 53.9 Å². The molecule has 178 valence electrons. The molecule has 1 N–H and O–H groups in total.